The molecule has 36 heavy (non-hydrogen) atoms. The van der Waals surface area contributed by atoms with Crippen molar-refractivity contribution in [2.75, 3.05) is 26.2 Å². The van der Waals surface area contributed by atoms with E-state index in [1.807, 2.05) is 20.8 Å². The maximum atomic E-state index is 14.0. The van der Waals surface area contributed by atoms with Gasteiger partial charge < -0.3 is 20.1 Å². The molecule has 0 saturated carbocycles. The van der Waals surface area contributed by atoms with Crippen LogP contribution in [0.4, 0.5) is 4.39 Å². The van der Waals surface area contributed by atoms with Gasteiger partial charge in [0.1, 0.15) is 5.82 Å². The molecule has 1 aliphatic heterocycles. The number of nitrogens with zero attached hydrogens (tertiary/aromatic N) is 1. The van der Waals surface area contributed by atoms with E-state index in [4.69, 9.17) is 4.74 Å². The predicted molar refractivity (Wildman–Crippen MR) is 137 cm³/mol. The fourth-order valence-electron chi connectivity index (χ4n) is 5.40. The number of ketones is 1. The average molecular weight is 498 g/mol. The smallest absolute Gasteiger partial charge is 0.253 e. The second kappa shape index (κ2) is 11.1. The van der Waals surface area contributed by atoms with Crippen molar-refractivity contribution in [2.24, 2.45) is 0 Å². The maximum Gasteiger partial charge on any atom is 0.253 e. The zero-order chi connectivity index (χ0) is 26.0. The monoisotopic (exact) mass is 497 g/mol. The molecule has 3 unspecified atom stereocenters. The summed E-state index contributed by atoms with van der Waals surface area (Å²) < 4.78 is 19.8. The minimum atomic E-state index is -0.706. The molecule has 0 spiro atoms. The summed E-state index contributed by atoms with van der Waals surface area (Å²) in [6.07, 6.45) is 3.08. The number of aromatic nitrogens is 1. The number of Topliss-reactive ketones (excluding diaryl/α,β-unsaturated/α-hetero) is 1. The van der Waals surface area contributed by atoms with Gasteiger partial charge in [0.2, 0.25) is 0 Å². The Morgan fingerprint density at radius 1 is 1.28 bits per heavy atom. The number of aromatic amines is 1. The Morgan fingerprint density at radius 2 is 2.00 bits per heavy atom. The van der Waals surface area contributed by atoms with Gasteiger partial charge in [0, 0.05) is 49.6 Å². The summed E-state index contributed by atoms with van der Waals surface area (Å²) in [5.74, 6) is -0.701. The molecule has 8 heteroatoms. The highest BCUT2D eigenvalue weighted by Crippen LogP contribution is 2.31. The summed E-state index contributed by atoms with van der Waals surface area (Å²) in [5.41, 5.74) is 4.54. The summed E-state index contributed by atoms with van der Waals surface area (Å²) in [6, 6.07) is 4.58. The number of allylic oxidation sites excluding steroid dienone is 1. The third-order valence-corrected chi connectivity index (χ3v) is 6.97. The number of carbonyl (C=O) groups excluding carboxylic acids is 2. The molecule has 1 fully saturated rings. The molecule has 0 bridgehead atoms. The van der Waals surface area contributed by atoms with Gasteiger partial charge in [0.25, 0.3) is 5.91 Å². The highest BCUT2D eigenvalue weighted by atomic mass is 19.1. The fraction of sp³-hybridized carbons (Fsp3) is 0.500. The number of hydrogen-bond donors (Lipinski definition) is 3. The summed E-state index contributed by atoms with van der Waals surface area (Å²) in [4.78, 5) is 31.3. The van der Waals surface area contributed by atoms with Crippen LogP contribution in [0.25, 0.3) is 11.6 Å². The lowest BCUT2D eigenvalue weighted by Gasteiger charge is -2.36. The van der Waals surface area contributed by atoms with E-state index in [-0.39, 0.29) is 36.3 Å². The van der Waals surface area contributed by atoms with Crippen LogP contribution in [0, 0.1) is 19.7 Å². The Hall–Kier alpha value is -2.81. The second-order valence-electron chi connectivity index (χ2n) is 10.1. The standard InChI is InChI=1S/C28H36FN3O4/c1-16-13-32(14-17(2)36-16)15-22(33)12-30-28(35)27-18(3)25(31-19(27)4)11-24-23-10-21(29)9-8-20(23)6-5-7-26(24)34/h8-11,16-17,22,31,33H,5-7,12-15H2,1-4H3,(H,30,35)/b24-11-. The van der Waals surface area contributed by atoms with Gasteiger partial charge in [-0.25, -0.2) is 4.39 Å². The minimum Gasteiger partial charge on any atom is -0.390 e. The molecule has 0 radical (unpaired) electrons. The molecule has 2 aromatic rings. The number of halogens is 1. The second-order valence-corrected chi connectivity index (χ2v) is 10.1. The van der Waals surface area contributed by atoms with Crippen LogP contribution in [-0.4, -0.2) is 71.2 Å². The summed E-state index contributed by atoms with van der Waals surface area (Å²) in [7, 11) is 0. The number of nitrogens with one attached hydrogen (secondary N) is 2. The summed E-state index contributed by atoms with van der Waals surface area (Å²) in [5, 5.41) is 13.4. The van der Waals surface area contributed by atoms with Crippen molar-refractivity contribution in [3.8, 4) is 0 Å². The number of carbonyl (C=O) groups is 2. The molecule has 3 atom stereocenters. The van der Waals surface area contributed by atoms with E-state index in [1.54, 1.807) is 19.1 Å². The molecule has 2 heterocycles. The first-order valence-electron chi connectivity index (χ1n) is 12.7. The molecule has 7 nitrogen and oxygen atoms in total. The first kappa shape index (κ1) is 26.3. The number of fused-ring (bicyclic) bond motifs is 1. The first-order chi connectivity index (χ1) is 17.1. The number of benzene rings is 1. The lowest BCUT2D eigenvalue weighted by atomic mass is 9.96. The Labute approximate surface area is 211 Å². The number of β-amino-alcohol motifs (C(OH)–C–C–N with tert-alkyl or cyclic N) is 1. The van der Waals surface area contributed by atoms with Gasteiger partial charge in [-0.1, -0.05) is 6.07 Å². The molecule has 4 rings (SSSR count). The number of aliphatic hydroxyl groups excluding tert-OH is 1. The molecular formula is C28H36FN3O4. The largest absolute Gasteiger partial charge is 0.390 e. The summed E-state index contributed by atoms with van der Waals surface area (Å²) >= 11 is 0. The van der Waals surface area contributed by atoms with Crippen molar-refractivity contribution in [3.63, 3.8) is 0 Å². The molecule has 1 aromatic carbocycles. The van der Waals surface area contributed by atoms with Crippen LogP contribution >= 0.6 is 0 Å². The van der Waals surface area contributed by atoms with Gasteiger partial charge in [-0.05, 0) is 75.4 Å². The number of morpholine rings is 1. The van der Waals surface area contributed by atoms with E-state index >= 15 is 0 Å². The molecule has 1 saturated heterocycles. The van der Waals surface area contributed by atoms with Gasteiger partial charge in [-0.15, -0.1) is 0 Å². The number of rotatable bonds is 6. The summed E-state index contributed by atoms with van der Waals surface area (Å²) in [6.45, 7) is 9.73. The number of aliphatic hydroxyl groups is 1. The minimum absolute atomic E-state index is 0.0353. The van der Waals surface area contributed by atoms with Gasteiger partial charge in [0.05, 0.1) is 23.9 Å². The highest BCUT2D eigenvalue weighted by molar-refractivity contribution is 6.26. The quantitative estimate of drug-likeness (QED) is 0.420. The predicted octanol–water partition coefficient (Wildman–Crippen LogP) is 3.42. The van der Waals surface area contributed by atoms with Crippen LogP contribution in [0.2, 0.25) is 0 Å². The number of aryl methyl sites for hydroxylation is 2. The fourth-order valence-corrected chi connectivity index (χ4v) is 5.40. The SMILES string of the molecule is Cc1[nH]c(/C=C2\C(=O)CCCc3ccc(F)cc32)c(C)c1C(=O)NCC(O)CN1CC(C)OC(C)C1. The van der Waals surface area contributed by atoms with Crippen LogP contribution in [0.1, 0.15) is 65.1 Å². The van der Waals surface area contributed by atoms with Gasteiger partial charge >= 0.3 is 0 Å². The van der Waals surface area contributed by atoms with Crippen molar-refractivity contribution in [3.05, 3.63) is 57.7 Å². The van der Waals surface area contributed by atoms with E-state index in [0.717, 1.165) is 31.5 Å². The van der Waals surface area contributed by atoms with Crippen LogP contribution in [0.15, 0.2) is 18.2 Å². The number of amides is 1. The third-order valence-electron chi connectivity index (χ3n) is 6.97. The zero-order valence-electron chi connectivity index (χ0n) is 21.5. The Kier molecular flexibility index (Phi) is 8.07. The Balaban J connectivity index is 1.49. The van der Waals surface area contributed by atoms with E-state index in [9.17, 15) is 19.1 Å². The van der Waals surface area contributed by atoms with Crippen LogP contribution in [0.5, 0.6) is 0 Å². The zero-order valence-corrected chi connectivity index (χ0v) is 21.5. The van der Waals surface area contributed by atoms with Gasteiger partial charge in [-0.2, -0.15) is 0 Å². The Bertz CT molecular complexity index is 1160. The van der Waals surface area contributed by atoms with E-state index in [1.165, 1.54) is 12.1 Å². The first-order valence-corrected chi connectivity index (χ1v) is 12.7. The van der Waals surface area contributed by atoms with Gasteiger partial charge in [0.15, 0.2) is 5.78 Å². The van der Waals surface area contributed by atoms with Crippen molar-refractivity contribution < 1.29 is 23.8 Å². The molecule has 3 N–H and O–H groups in total. The third kappa shape index (κ3) is 5.94. The molecule has 194 valence electrons. The van der Waals surface area contributed by atoms with Crippen molar-refractivity contribution in [1.29, 1.82) is 0 Å². The molecule has 1 aliphatic carbocycles. The van der Waals surface area contributed by atoms with Gasteiger partial charge in [-0.3, -0.25) is 14.5 Å². The number of ether oxygens (including phenoxy) is 1. The normalized spacial score (nSPS) is 22.8. The maximum absolute atomic E-state index is 14.0. The molecule has 1 aromatic heterocycles. The van der Waals surface area contributed by atoms with Crippen LogP contribution in [0.3, 0.4) is 0 Å². The topological polar surface area (TPSA) is 94.7 Å². The lowest BCUT2D eigenvalue weighted by molar-refractivity contribution is -0.113. The van der Waals surface area contributed by atoms with Crippen molar-refractivity contribution in [1.82, 2.24) is 15.2 Å². The molecule has 2 aliphatic rings. The van der Waals surface area contributed by atoms with E-state index < -0.39 is 6.10 Å². The van der Waals surface area contributed by atoms with Crippen molar-refractivity contribution >= 4 is 23.3 Å². The number of hydrogen-bond acceptors (Lipinski definition) is 5. The molecular weight excluding hydrogens is 461 g/mol. The Morgan fingerprint density at radius 3 is 2.72 bits per heavy atom. The van der Waals surface area contributed by atoms with Crippen LogP contribution < -0.4 is 5.32 Å². The highest BCUT2D eigenvalue weighted by Gasteiger charge is 2.25. The molecule has 1 amide bonds. The van der Waals surface area contributed by atoms with E-state index in [0.29, 0.717) is 46.6 Å². The van der Waals surface area contributed by atoms with E-state index in [2.05, 4.69) is 15.2 Å². The average Bonchev–Trinajstić information content (AvgIpc) is 2.99. The van der Waals surface area contributed by atoms with Crippen LogP contribution in [-0.2, 0) is 16.0 Å². The van der Waals surface area contributed by atoms with Crippen molar-refractivity contribution in [2.45, 2.75) is 65.3 Å². The lowest BCUT2D eigenvalue weighted by Crippen LogP contribution is -2.49. The number of H-pyrrole nitrogens is 1.